The van der Waals surface area contributed by atoms with Gasteiger partial charge in [0.25, 0.3) is 5.95 Å². The molecule has 0 spiro atoms. The number of morpholine rings is 1. The zero-order valence-corrected chi connectivity index (χ0v) is 16.7. The lowest BCUT2D eigenvalue weighted by Gasteiger charge is -2.28. The van der Waals surface area contributed by atoms with Crippen LogP contribution in [0.1, 0.15) is 42.4 Å². The molecule has 2 fully saturated rings. The maximum Gasteiger partial charge on any atom is 0.254 e. The third-order valence-electron chi connectivity index (χ3n) is 6.42. The molecule has 2 bridgehead atoms. The predicted octanol–water partition coefficient (Wildman–Crippen LogP) is 2.58. The fraction of sp³-hybridized carbons (Fsp3) is 0.429. The Balaban J connectivity index is 1.21. The molecule has 2 unspecified atom stereocenters. The Morgan fingerprint density at radius 2 is 1.83 bits per heavy atom. The number of fused-ring (bicyclic) bond motifs is 5. The number of ether oxygens (including phenoxy) is 1. The van der Waals surface area contributed by atoms with Crippen LogP contribution in [0.4, 0.5) is 23.3 Å². The van der Waals surface area contributed by atoms with Gasteiger partial charge in [0.1, 0.15) is 0 Å². The van der Waals surface area contributed by atoms with Crippen molar-refractivity contribution in [1.29, 1.82) is 0 Å². The second kappa shape index (κ2) is 6.94. The Morgan fingerprint density at radius 1 is 1.03 bits per heavy atom. The first-order valence-electron chi connectivity index (χ1n) is 10.5. The van der Waals surface area contributed by atoms with Crippen molar-refractivity contribution < 1.29 is 4.74 Å². The van der Waals surface area contributed by atoms with Gasteiger partial charge in [-0.1, -0.05) is 0 Å². The summed E-state index contributed by atoms with van der Waals surface area (Å²) in [6, 6.07) is 8.22. The van der Waals surface area contributed by atoms with Gasteiger partial charge >= 0.3 is 0 Å². The smallest absolute Gasteiger partial charge is 0.254 e. The first-order valence-corrected chi connectivity index (χ1v) is 10.5. The van der Waals surface area contributed by atoms with Gasteiger partial charge in [-0.3, -0.25) is 0 Å². The molecule has 3 aliphatic rings. The molecule has 1 aromatic carbocycles. The standard InChI is InChI=1S/C21H24N8O/c22-19-26-20(24-15-3-5-16(6-4-15)28-7-9-30-10-8-28)27-29(19)21-23-12-17-13-1-2-14(11-13)18(17)25-21/h3-6,12-14H,1-2,7-11H2,(H3,22,24,26,27). The van der Waals surface area contributed by atoms with Gasteiger partial charge in [-0.2, -0.15) is 9.67 Å². The van der Waals surface area contributed by atoms with Crippen LogP contribution >= 0.6 is 0 Å². The van der Waals surface area contributed by atoms with Crippen molar-refractivity contribution in [2.45, 2.75) is 31.1 Å². The molecule has 1 saturated heterocycles. The van der Waals surface area contributed by atoms with Crippen molar-refractivity contribution in [2.75, 3.05) is 42.3 Å². The van der Waals surface area contributed by atoms with Gasteiger partial charge in [0.2, 0.25) is 11.9 Å². The van der Waals surface area contributed by atoms with Crippen LogP contribution in [-0.2, 0) is 4.74 Å². The van der Waals surface area contributed by atoms with E-state index in [1.807, 2.05) is 18.3 Å². The van der Waals surface area contributed by atoms with Crippen molar-refractivity contribution in [3.05, 3.63) is 41.7 Å². The average molecular weight is 404 g/mol. The molecule has 3 N–H and O–H groups in total. The van der Waals surface area contributed by atoms with Gasteiger partial charge in [-0.25, -0.2) is 9.97 Å². The van der Waals surface area contributed by atoms with Crippen LogP contribution in [0.3, 0.4) is 0 Å². The zero-order valence-electron chi connectivity index (χ0n) is 16.7. The molecule has 9 heteroatoms. The van der Waals surface area contributed by atoms with Crippen molar-refractivity contribution in [1.82, 2.24) is 24.7 Å². The highest BCUT2D eigenvalue weighted by Crippen LogP contribution is 2.51. The summed E-state index contributed by atoms with van der Waals surface area (Å²) in [4.78, 5) is 15.9. The summed E-state index contributed by atoms with van der Waals surface area (Å²) in [7, 11) is 0. The highest BCUT2D eigenvalue weighted by molar-refractivity contribution is 5.60. The maximum atomic E-state index is 6.12. The van der Waals surface area contributed by atoms with E-state index in [4.69, 9.17) is 15.5 Å². The zero-order chi connectivity index (χ0) is 20.1. The van der Waals surface area contributed by atoms with E-state index in [-0.39, 0.29) is 5.95 Å². The molecule has 3 heterocycles. The largest absolute Gasteiger partial charge is 0.378 e. The van der Waals surface area contributed by atoms with Crippen LogP contribution in [0.2, 0.25) is 0 Å². The molecule has 30 heavy (non-hydrogen) atoms. The van der Waals surface area contributed by atoms with Gasteiger partial charge in [0.15, 0.2) is 0 Å². The summed E-state index contributed by atoms with van der Waals surface area (Å²) >= 11 is 0. The molecule has 2 aromatic heterocycles. The van der Waals surface area contributed by atoms with E-state index in [1.165, 1.54) is 40.9 Å². The van der Waals surface area contributed by atoms with Crippen LogP contribution in [0, 0.1) is 0 Å². The number of aromatic nitrogens is 5. The predicted molar refractivity (Wildman–Crippen MR) is 113 cm³/mol. The lowest BCUT2D eigenvalue weighted by atomic mass is 9.98. The fourth-order valence-corrected chi connectivity index (χ4v) is 4.88. The van der Waals surface area contributed by atoms with Gasteiger partial charge in [0.05, 0.1) is 18.9 Å². The molecule has 3 aromatic rings. The van der Waals surface area contributed by atoms with E-state index in [2.05, 4.69) is 37.4 Å². The summed E-state index contributed by atoms with van der Waals surface area (Å²) in [5, 5.41) is 7.72. The average Bonchev–Trinajstić information content (AvgIpc) is 3.50. The quantitative estimate of drug-likeness (QED) is 0.683. The van der Waals surface area contributed by atoms with E-state index in [1.54, 1.807) is 0 Å². The molecule has 1 aliphatic heterocycles. The molecule has 1 saturated carbocycles. The monoisotopic (exact) mass is 404 g/mol. The van der Waals surface area contributed by atoms with Crippen LogP contribution < -0.4 is 16.0 Å². The molecule has 2 aliphatic carbocycles. The second-order valence-electron chi connectivity index (χ2n) is 8.19. The minimum atomic E-state index is 0.269. The number of rotatable bonds is 4. The molecule has 154 valence electrons. The molecule has 6 rings (SSSR count). The summed E-state index contributed by atoms with van der Waals surface area (Å²) in [5.74, 6) is 2.37. The number of nitrogens with one attached hydrogen (secondary N) is 1. The van der Waals surface area contributed by atoms with Crippen LogP contribution in [0.5, 0.6) is 0 Å². The van der Waals surface area contributed by atoms with Gasteiger partial charge < -0.3 is 20.7 Å². The van der Waals surface area contributed by atoms with E-state index in [9.17, 15) is 0 Å². The Bertz CT molecular complexity index is 1070. The number of nitrogens with two attached hydrogens (primary N) is 1. The van der Waals surface area contributed by atoms with Crippen molar-refractivity contribution in [2.24, 2.45) is 0 Å². The van der Waals surface area contributed by atoms with Gasteiger partial charge in [0, 0.05) is 36.6 Å². The van der Waals surface area contributed by atoms with Gasteiger partial charge in [-0.15, -0.1) is 5.10 Å². The minimum absolute atomic E-state index is 0.269. The topological polar surface area (TPSA) is 107 Å². The van der Waals surface area contributed by atoms with E-state index in [0.717, 1.165) is 32.0 Å². The second-order valence-corrected chi connectivity index (χ2v) is 8.19. The summed E-state index contributed by atoms with van der Waals surface area (Å²) in [6.07, 6.45) is 5.62. The summed E-state index contributed by atoms with van der Waals surface area (Å²) in [6.45, 7) is 3.37. The molecule has 9 nitrogen and oxygen atoms in total. The normalized spacial score (nSPS) is 22.3. The lowest BCUT2D eigenvalue weighted by Crippen LogP contribution is -2.36. The van der Waals surface area contributed by atoms with E-state index in [0.29, 0.717) is 23.7 Å². The Kier molecular flexibility index (Phi) is 4.08. The third kappa shape index (κ3) is 2.97. The number of nitrogen functional groups attached to an aromatic ring is 1. The minimum Gasteiger partial charge on any atom is -0.378 e. The van der Waals surface area contributed by atoms with Crippen LogP contribution in [-0.4, -0.2) is 51.0 Å². The first kappa shape index (κ1) is 17.6. The highest BCUT2D eigenvalue weighted by Gasteiger charge is 2.38. The number of hydrogen-bond acceptors (Lipinski definition) is 8. The fourth-order valence-electron chi connectivity index (χ4n) is 4.88. The number of benzene rings is 1. The van der Waals surface area contributed by atoms with Crippen LogP contribution in [0.25, 0.3) is 5.95 Å². The lowest BCUT2D eigenvalue weighted by molar-refractivity contribution is 0.122. The molecule has 0 amide bonds. The SMILES string of the molecule is Nc1nc(Nc2ccc(N3CCOCC3)cc2)nn1-c1ncc2c(n1)C1CCC2C1. The van der Waals surface area contributed by atoms with Crippen molar-refractivity contribution in [3.63, 3.8) is 0 Å². The van der Waals surface area contributed by atoms with Crippen molar-refractivity contribution >= 4 is 23.3 Å². The third-order valence-corrected chi connectivity index (χ3v) is 6.42. The Labute approximate surface area is 174 Å². The first-order chi connectivity index (χ1) is 14.7. The molecular formula is C21H24N8O. The Morgan fingerprint density at radius 3 is 2.67 bits per heavy atom. The summed E-state index contributed by atoms with van der Waals surface area (Å²) in [5.41, 5.74) is 10.7. The highest BCUT2D eigenvalue weighted by atomic mass is 16.5. The number of anilines is 4. The van der Waals surface area contributed by atoms with E-state index < -0.39 is 0 Å². The summed E-state index contributed by atoms with van der Waals surface area (Å²) < 4.78 is 6.93. The maximum absolute atomic E-state index is 6.12. The van der Waals surface area contributed by atoms with Crippen molar-refractivity contribution in [3.8, 4) is 5.95 Å². The number of hydrogen-bond donors (Lipinski definition) is 2. The van der Waals surface area contributed by atoms with Crippen LogP contribution in [0.15, 0.2) is 30.5 Å². The van der Waals surface area contributed by atoms with Gasteiger partial charge in [-0.05, 0) is 55.0 Å². The Hall–Kier alpha value is -3.20. The molecule has 0 radical (unpaired) electrons. The number of nitrogens with zero attached hydrogens (tertiary/aromatic N) is 6. The molecular weight excluding hydrogens is 380 g/mol. The molecule has 2 atom stereocenters. The van der Waals surface area contributed by atoms with E-state index >= 15 is 0 Å².